The van der Waals surface area contributed by atoms with Crippen molar-refractivity contribution in [3.63, 3.8) is 0 Å². The lowest BCUT2D eigenvalue weighted by Gasteiger charge is -2.16. The fourth-order valence-corrected chi connectivity index (χ4v) is 2.21. The highest BCUT2D eigenvalue weighted by Gasteiger charge is 2.33. The molecule has 1 aliphatic rings. The predicted molar refractivity (Wildman–Crippen MR) is 62.5 cm³/mol. The number of rotatable bonds is 5. The fraction of sp³-hybridized carbons (Fsp3) is 0.700. The van der Waals surface area contributed by atoms with E-state index in [1.54, 1.807) is 13.3 Å². The molecule has 2 rings (SSSR count). The molecule has 0 aliphatic carbocycles. The van der Waals surface area contributed by atoms with Gasteiger partial charge in [-0.25, -0.2) is 0 Å². The van der Waals surface area contributed by atoms with Gasteiger partial charge in [0.2, 0.25) is 0 Å². The van der Waals surface area contributed by atoms with Crippen molar-refractivity contribution in [3.8, 4) is 0 Å². The van der Waals surface area contributed by atoms with Crippen LogP contribution in [0, 0.1) is 0 Å². The Labute approximate surface area is 99.6 Å². The Balaban J connectivity index is 1.96. The van der Waals surface area contributed by atoms with Gasteiger partial charge in [-0.3, -0.25) is 9.58 Å². The molecule has 17 heavy (non-hydrogen) atoms. The van der Waals surface area contributed by atoms with E-state index >= 15 is 0 Å². The molecule has 92 valence electrons. The molecule has 2 atom stereocenters. The van der Waals surface area contributed by atoms with Crippen molar-refractivity contribution >= 4 is 0 Å². The minimum Gasteiger partial charge on any atom is -0.378 e. The zero-order chi connectivity index (χ0) is 12.1. The largest absolute Gasteiger partial charge is 0.378 e. The van der Waals surface area contributed by atoms with Gasteiger partial charge in [0, 0.05) is 50.6 Å². The molecule has 1 fully saturated rings. The van der Waals surface area contributed by atoms with Crippen LogP contribution in [-0.4, -0.2) is 54.1 Å². The van der Waals surface area contributed by atoms with Crippen molar-refractivity contribution in [2.75, 3.05) is 33.3 Å². The Bertz CT molecular complexity index is 386. The normalized spacial score (nSPS) is 24.8. The predicted octanol–water partition coefficient (Wildman–Crippen LogP) is 1.07. The molecule has 1 aromatic heterocycles. The quantitative estimate of drug-likeness (QED) is 0.435. The maximum atomic E-state index is 8.24. The van der Waals surface area contributed by atoms with E-state index < -0.39 is 0 Å². The first-order chi connectivity index (χ1) is 8.35. The molecular weight excluding hydrogens is 220 g/mol. The van der Waals surface area contributed by atoms with Crippen LogP contribution in [0.15, 0.2) is 23.6 Å². The van der Waals surface area contributed by atoms with Gasteiger partial charge >= 0.3 is 0 Å². The summed E-state index contributed by atoms with van der Waals surface area (Å²) in [5, 5.41) is 7.80. The van der Waals surface area contributed by atoms with Gasteiger partial charge in [-0.1, -0.05) is 5.11 Å². The minimum atomic E-state index is 0.140. The van der Waals surface area contributed by atoms with Gasteiger partial charge < -0.3 is 4.74 Å². The molecule has 0 aromatic carbocycles. The maximum Gasteiger partial charge on any atom is 0.0934 e. The molecule has 7 heteroatoms. The molecule has 0 unspecified atom stereocenters. The summed E-state index contributed by atoms with van der Waals surface area (Å²) in [6, 6.07) is 2.15. The van der Waals surface area contributed by atoms with Gasteiger partial charge in [0.1, 0.15) is 0 Å². The highest BCUT2D eigenvalue weighted by atomic mass is 16.5. The smallest absolute Gasteiger partial charge is 0.0934 e. The number of azide groups is 1. The summed E-state index contributed by atoms with van der Waals surface area (Å²) < 4.78 is 7.41. The van der Waals surface area contributed by atoms with Crippen LogP contribution in [-0.2, 0) is 4.74 Å². The molecule has 0 N–H and O–H groups in total. The molecule has 7 nitrogen and oxygen atoms in total. The molecule has 0 radical (unpaired) electrons. The highest BCUT2D eigenvalue weighted by Crippen LogP contribution is 2.23. The van der Waals surface area contributed by atoms with Crippen LogP contribution < -0.4 is 0 Å². The summed E-state index contributed by atoms with van der Waals surface area (Å²) in [7, 11) is 1.72. The second-order valence-corrected chi connectivity index (χ2v) is 4.04. The second kappa shape index (κ2) is 5.67. The Morgan fingerprint density at radius 2 is 2.47 bits per heavy atom. The van der Waals surface area contributed by atoms with Crippen molar-refractivity contribution in [1.82, 2.24) is 14.7 Å². The lowest BCUT2D eigenvalue weighted by atomic mass is 10.2. The third-order valence-corrected chi connectivity index (χ3v) is 3.06. The molecule has 1 saturated heterocycles. The number of hydrogen-bond donors (Lipinski definition) is 0. The molecular formula is C10H16N6O. The Hall–Kier alpha value is -1.56. The molecule has 0 spiro atoms. The zero-order valence-corrected chi connectivity index (χ0v) is 9.81. The highest BCUT2D eigenvalue weighted by molar-refractivity contribution is 4.92. The third-order valence-electron chi connectivity index (χ3n) is 3.06. The first-order valence-electron chi connectivity index (χ1n) is 5.60. The minimum absolute atomic E-state index is 0.140. The summed E-state index contributed by atoms with van der Waals surface area (Å²) >= 11 is 0. The van der Waals surface area contributed by atoms with Crippen molar-refractivity contribution < 1.29 is 4.74 Å². The third kappa shape index (κ3) is 2.76. The SMILES string of the molecule is CO[C@@H]1CN(CCN=[N+]=[N-])C[C@@H]1n1cccn1. The van der Waals surface area contributed by atoms with E-state index in [2.05, 4.69) is 20.0 Å². The van der Waals surface area contributed by atoms with Crippen LogP contribution in [0.2, 0.25) is 0 Å². The average molecular weight is 236 g/mol. The zero-order valence-electron chi connectivity index (χ0n) is 9.81. The Kier molecular flexibility index (Phi) is 3.98. The van der Waals surface area contributed by atoms with Gasteiger partial charge in [0.15, 0.2) is 0 Å². The lowest BCUT2D eigenvalue weighted by Crippen LogP contribution is -2.25. The number of ether oxygens (including phenoxy) is 1. The number of methoxy groups -OCH3 is 1. The number of likely N-dealkylation sites (tertiary alicyclic amines) is 1. The van der Waals surface area contributed by atoms with E-state index in [9.17, 15) is 0 Å². The summed E-state index contributed by atoms with van der Waals surface area (Å²) in [4.78, 5) is 4.99. The van der Waals surface area contributed by atoms with Crippen LogP contribution in [0.25, 0.3) is 10.4 Å². The van der Waals surface area contributed by atoms with Crippen LogP contribution in [0.3, 0.4) is 0 Å². The maximum absolute atomic E-state index is 8.24. The second-order valence-electron chi connectivity index (χ2n) is 4.04. The van der Waals surface area contributed by atoms with Crippen LogP contribution in [0.1, 0.15) is 6.04 Å². The van der Waals surface area contributed by atoms with Gasteiger partial charge in [-0.2, -0.15) is 5.10 Å². The summed E-state index contributed by atoms with van der Waals surface area (Å²) in [5.41, 5.74) is 8.24. The van der Waals surface area contributed by atoms with Crippen LogP contribution >= 0.6 is 0 Å². The van der Waals surface area contributed by atoms with Crippen molar-refractivity contribution in [3.05, 3.63) is 28.9 Å². The summed E-state index contributed by atoms with van der Waals surface area (Å²) in [6.45, 7) is 2.99. The average Bonchev–Trinajstić information content (AvgIpc) is 2.97. The van der Waals surface area contributed by atoms with Gasteiger partial charge in [-0.05, 0) is 11.6 Å². The van der Waals surface area contributed by atoms with Crippen molar-refractivity contribution in [2.24, 2.45) is 5.11 Å². The lowest BCUT2D eigenvalue weighted by molar-refractivity contribution is 0.0783. The van der Waals surface area contributed by atoms with Crippen molar-refractivity contribution in [1.29, 1.82) is 0 Å². The molecule has 0 bridgehead atoms. The molecule has 1 aromatic rings. The van der Waals surface area contributed by atoms with Gasteiger partial charge in [0.05, 0.1) is 12.1 Å². The molecule has 0 amide bonds. The number of nitrogens with zero attached hydrogens (tertiary/aromatic N) is 6. The monoisotopic (exact) mass is 236 g/mol. The van der Waals surface area contributed by atoms with Gasteiger partial charge in [-0.15, -0.1) is 0 Å². The standard InChI is InChI=1S/C10H16N6O/c1-17-10-8-15(6-4-12-14-11)7-9(10)16-5-2-3-13-16/h2-3,5,9-10H,4,6-8H2,1H3/t9-,10+/m0/s1. The summed E-state index contributed by atoms with van der Waals surface area (Å²) in [5.74, 6) is 0. The van der Waals surface area contributed by atoms with E-state index in [0.29, 0.717) is 6.54 Å². The Morgan fingerprint density at radius 1 is 1.59 bits per heavy atom. The van der Waals surface area contributed by atoms with Crippen molar-refractivity contribution in [2.45, 2.75) is 12.1 Å². The van der Waals surface area contributed by atoms with Crippen LogP contribution in [0.5, 0.6) is 0 Å². The van der Waals surface area contributed by atoms with E-state index in [4.69, 9.17) is 10.3 Å². The summed E-state index contributed by atoms with van der Waals surface area (Å²) in [6.07, 6.45) is 3.86. The van der Waals surface area contributed by atoms with E-state index in [1.807, 2.05) is 16.9 Å². The number of hydrogen-bond acceptors (Lipinski definition) is 4. The molecule has 2 heterocycles. The molecule has 0 saturated carbocycles. The van der Waals surface area contributed by atoms with Gasteiger partial charge in [0.25, 0.3) is 0 Å². The van der Waals surface area contributed by atoms with E-state index in [0.717, 1.165) is 19.6 Å². The van der Waals surface area contributed by atoms with E-state index in [-0.39, 0.29) is 12.1 Å². The fourth-order valence-electron chi connectivity index (χ4n) is 2.21. The first kappa shape index (κ1) is 11.9. The number of aromatic nitrogens is 2. The van der Waals surface area contributed by atoms with Crippen LogP contribution in [0.4, 0.5) is 0 Å². The first-order valence-corrected chi connectivity index (χ1v) is 5.60. The topological polar surface area (TPSA) is 79.0 Å². The Morgan fingerprint density at radius 3 is 3.12 bits per heavy atom. The molecule has 1 aliphatic heterocycles. The van der Waals surface area contributed by atoms with E-state index in [1.165, 1.54) is 0 Å².